The van der Waals surface area contributed by atoms with Crippen LogP contribution in [0.3, 0.4) is 0 Å². The fourth-order valence-electron chi connectivity index (χ4n) is 1.79. The standard InChI is InChI=1S/C15H14ClF2NO/c1-19-8-10-5-6-14(13(18)7-10)20-9-11-3-2-4-12(17)15(11)16/h2-7,19H,8-9H2,1H3. The molecular weight excluding hydrogens is 284 g/mol. The SMILES string of the molecule is CNCc1ccc(OCc2cccc(F)c2Cl)c(F)c1. The molecule has 2 aromatic carbocycles. The van der Waals surface area contributed by atoms with Gasteiger partial charge >= 0.3 is 0 Å². The van der Waals surface area contributed by atoms with E-state index in [1.165, 1.54) is 18.2 Å². The van der Waals surface area contributed by atoms with Crippen molar-refractivity contribution in [2.45, 2.75) is 13.2 Å². The summed E-state index contributed by atoms with van der Waals surface area (Å²) in [4.78, 5) is 0. The molecule has 106 valence electrons. The summed E-state index contributed by atoms with van der Waals surface area (Å²) in [7, 11) is 1.79. The van der Waals surface area contributed by atoms with Gasteiger partial charge in [0.1, 0.15) is 12.4 Å². The molecule has 0 spiro atoms. The van der Waals surface area contributed by atoms with Crippen LogP contribution in [0.25, 0.3) is 0 Å². The number of benzene rings is 2. The van der Waals surface area contributed by atoms with Gasteiger partial charge in [0.25, 0.3) is 0 Å². The van der Waals surface area contributed by atoms with E-state index in [9.17, 15) is 8.78 Å². The fraction of sp³-hybridized carbons (Fsp3) is 0.200. The van der Waals surface area contributed by atoms with Crippen molar-refractivity contribution < 1.29 is 13.5 Å². The lowest BCUT2D eigenvalue weighted by Gasteiger charge is -2.10. The van der Waals surface area contributed by atoms with Crippen molar-refractivity contribution in [3.8, 4) is 5.75 Å². The van der Waals surface area contributed by atoms with Gasteiger partial charge in [-0.1, -0.05) is 29.8 Å². The maximum absolute atomic E-state index is 13.8. The first-order chi connectivity index (χ1) is 9.61. The Labute approximate surface area is 121 Å². The first-order valence-electron chi connectivity index (χ1n) is 6.10. The van der Waals surface area contributed by atoms with Crippen LogP contribution in [0.1, 0.15) is 11.1 Å². The molecule has 0 saturated heterocycles. The summed E-state index contributed by atoms with van der Waals surface area (Å²) in [6, 6.07) is 9.15. The van der Waals surface area contributed by atoms with Gasteiger partial charge in [-0.25, -0.2) is 8.78 Å². The van der Waals surface area contributed by atoms with E-state index in [0.717, 1.165) is 5.56 Å². The first kappa shape index (κ1) is 14.8. The Hall–Kier alpha value is -1.65. The average molecular weight is 298 g/mol. The molecule has 0 aliphatic carbocycles. The molecule has 0 saturated carbocycles. The summed E-state index contributed by atoms with van der Waals surface area (Å²) < 4.78 is 32.4. The fourth-order valence-corrected chi connectivity index (χ4v) is 1.97. The number of ether oxygens (including phenoxy) is 1. The predicted molar refractivity (Wildman–Crippen MR) is 74.9 cm³/mol. The molecule has 2 rings (SSSR count). The lowest BCUT2D eigenvalue weighted by molar-refractivity contribution is 0.289. The summed E-state index contributed by atoms with van der Waals surface area (Å²) in [6.45, 7) is 0.589. The zero-order chi connectivity index (χ0) is 14.5. The minimum Gasteiger partial charge on any atom is -0.486 e. The molecular formula is C15H14ClF2NO. The molecule has 0 radical (unpaired) electrons. The Morgan fingerprint density at radius 1 is 1.15 bits per heavy atom. The van der Waals surface area contributed by atoms with Crippen LogP contribution in [0.5, 0.6) is 5.75 Å². The van der Waals surface area contributed by atoms with Gasteiger partial charge in [0.05, 0.1) is 5.02 Å². The molecule has 0 bridgehead atoms. The summed E-state index contributed by atoms with van der Waals surface area (Å²) >= 11 is 5.81. The minimum atomic E-state index is -0.516. The van der Waals surface area contributed by atoms with Gasteiger partial charge in [0.2, 0.25) is 0 Å². The largest absolute Gasteiger partial charge is 0.486 e. The van der Waals surface area contributed by atoms with Gasteiger partial charge in [-0.2, -0.15) is 0 Å². The van der Waals surface area contributed by atoms with Crippen LogP contribution in [-0.4, -0.2) is 7.05 Å². The number of rotatable bonds is 5. The highest BCUT2D eigenvalue weighted by Gasteiger charge is 2.09. The second kappa shape index (κ2) is 6.68. The molecule has 0 heterocycles. The predicted octanol–water partition coefficient (Wildman–Crippen LogP) is 3.92. The third kappa shape index (κ3) is 3.46. The van der Waals surface area contributed by atoms with Gasteiger partial charge in [-0.3, -0.25) is 0 Å². The van der Waals surface area contributed by atoms with Crippen LogP contribution in [0.4, 0.5) is 8.78 Å². The lowest BCUT2D eigenvalue weighted by Crippen LogP contribution is -2.06. The topological polar surface area (TPSA) is 21.3 Å². The molecule has 1 N–H and O–H groups in total. The molecule has 5 heteroatoms. The van der Waals surface area contributed by atoms with Crippen LogP contribution >= 0.6 is 11.6 Å². The zero-order valence-corrected chi connectivity index (χ0v) is 11.7. The van der Waals surface area contributed by atoms with Crippen LogP contribution < -0.4 is 10.1 Å². The van der Waals surface area contributed by atoms with Gasteiger partial charge in [0, 0.05) is 12.1 Å². The van der Waals surface area contributed by atoms with Crippen molar-refractivity contribution in [1.29, 1.82) is 0 Å². The van der Waals surface area contributed by atoms with Crippen molar-refractivity contribution in [2.75, 3.05) is 7.05 Å². The molecule has 0 atom stereocenters. The molecule has 0 aromatic heterocycles. The van der Waals surface area contributed by atoms with Crippen molar-refractivity contribution in [3.63, 3.8) is 0 Å². The van der Waals surface area contributed by atoms with Gasteiger partial charge < -0.3 is 10.1 Å². The molecule has 0 amide bonds. The van der Waals surface area contributed by atoms with Crippen LogP contribution in [0.2, 0.25) is 5.02 Å². The van der Waals surface area contributed by atoms with E-state index in [1.54, 1.807) is 25.2 Å². The van der Waals surface area contributed by atoms with E-state index in [4.69, 9.17) is 16.3 Å². The zero-order valence-electron chi connectivity index (χ0n) is 10.9. The Bertz CT molecular complexity index is 604. The van der Waals surface area contributed by atoms with Crippen molar-refractivity contribution >= 4 is 11.6 Å². The van der Waals surface area contributed by atoms with E-state index in [-0.39, 0.29) is 17.4 Å². The summed E-state index contributed by atoms with van der Waals surface area (Å²) in [6.07, 6.45) is 0. The highest BCUT2D eigenvalue weighted by atomic mass is 35.5. The summed E-state index contributed by atoms with van der Waals surface area (Å²) in [5, 5.41) is 2.94. The smallest absolute Gasteiger partial charge is 0.165 e. The van der Waals surface area contributed by atoms with E-state index in [1.807, 2.05) is 0 Å². The highest BCUT2D eigenvalue weighted by molar-refractivity contribution is 6.31. The third-order valence-electron chi connectivity index (χ3n) is 2.79. The monoisotopic (exact) mass is 297 g/mol. The maximum atomic E-state index is 13.8. The molecule has 0 aliphatic heterocycles. The average Bonchev–Trinajstić information content (AvgIpc) is 2.42. The molecule has 20 heavy (non-hydrogen) atoms. The second-order valence-electron chi connectivity index (χ2n) is 4.30. The molecule has 0 fully saturated rings. The molecule has 0 unspecified atom stereocenters. The second-order valence-corrected chi connectivity index (χ2v) is 4.67. The quantitative estimate of drug-likeness (QED) is 0.903. The van der Waals surface area contributed by atoms with Crippen molar-refractivity contribution in [1.82, 2.24) is 5.32 Å². The minimum absolute atomic E-state index is 0.000267. The van der Waals surface area contributed by atoms with Crippen molar-refractivity contribution in [2.24, 2.45) is 0 Å². The Morgan fingerprint density at radius 2 is 1.95 bits per heavy atom. The number of hydrogen-bond acceptors (Lipinski definition) is 2. The van der Waals surface area contributed by atoms with E-state index >= 15 is 0 Å². The van der Waals surface area contributed by atoms with E-state index < -0.39 is 11.6 Å². The highest BCUT2D eigenvalue weighted by Crippen LogP contribution is 2.23. The number of nitrogens with one attached hydrogen (secondary N) is 1. The van der Waals surface area contributed by atoms with Crippen LogP contribution in [-0.2, 0) is 13.2 Å². The lowest BCUT2D eigenvalue weighted by atomic mass is 10.2. The van der Waals surface area contributed by atoms with Gasteiger partial charge in [-0.15, -0.1) is 0 Å². The third-order valence-corrected chi connectivity index (χ3v) is 3.22. The Balaban J connectivity index is 2.09. The molecule has 2 nitrogen and oxygen atoms in total. The van der Waals surface area contributed by atoms with E-state index in [2.05, 4.69) is 5.32 Å². The summed E-state index contributed by atoms with van der Waals surface area (Å²) in [5.41, 5.74) is 1.30. The van der Waals surface area contributed by atoms with Crippen LogP contribution in [0, 0.1) is 11.6 Å². The molecule has 0 aliphatic rings. The van der Waals surface area contributed by atoms with Gasteiger partial charge in [-0.05, 0) is 30.8 Å². The van der Waals surface area contributed by atoms with Crippen molar-refractivity contribution in [3.05, 3.63) is 64.2 Å². The van der Waals surface area contributed by atoms with E-state index in [0.29, 0.717) is 12.1 Å². The first-order valence-corrected chi connectivity index (χ1v) is 6.48. The normalized spacial score (nSPS) is 10.6. The molecule has 2 aromatic rings. The Morgan fingerprint density at radius 3 is 2.65 bits per heavy atom. The number of hydrogen-bond donors (Lipinski definition) is 1. The maximum Gasteiger partial charge on any atom is 0.165 e. The van der Waals surface area contributed by atoms with Crippen LogP contribution in [0.15, 0.2) is 36.4 Å². The Kier molecular flexibility index (Phi) is 4.93. The van der Waals surface area contributed by atoms with Gasteiger partial charge in [0.15, 0.2) is 11.6 Å². The number of halogens is 3. The summed E-state index contributed by atoms with van der Waals surface area (Å²) in [5.74, 6) is -0.854.